The molecule has 1 amide bonds. The number of nitrogens with zero attached hydrogens (tertiary/aromatic N) is 1. The van der Waals surface area contributed by atoms with Crippen LogP contribution < -0.4 is 15.5 Å². The van der Waals surface area contributed by atoms with E-state index in [2.05, 4.69) is 43.5 Å². The molecule has 0 unspecified atom stereocenters. The van der Waals surface area contributed by atoms with Gasteiger partial charge in [0.25, 0.3) is 0 Å². The molecule has 0 aliphatic carbocycles. The highest BCUT2D eigenvalue weighted by atomic mass is 16.1. The van der Waals surface area contributed by atoms with E-state index in [1.807, 2.05) is 43.3 Å². The standard InChI is InChI=1S/C19H25N3O/c1-13-10-14(2)19(15(3)11-13)20-12-18(23)21-16-6-8-17(9-7-16)22(4)5/h6-11,20H,12H2,1-5H3,(H,21,23). The summed E-state index contributed by atoms with van der Waals surface area (Å²) < 4.78 is 0. The topological polar surface area (TPSA) is 44.4 Å². The molecular formula is C19H25N3O. The van der Waals surface area contributed by atoms with Gasteiger partial charge in [-0.3, -0.25) is 4.79 Å². The molecule has 4 heteroatoms. The second-order valence-electron chi connectivity index (χ2n) is 6.12. The van der Waals surface area contributed by atoms with Gasteiger partial charge in [0, 0.05) is 31.2 Å². The van der Waals surface area contributed by atoms with E-state index in [1.54, 1.807) is 0 Å². The summed E-state index contributed by atoms with van der Waals surface area (Å²) in [5.41, 5.74) is 6.49. The van der Waals surface area contributed by atoms with Crippen LogP contribution in [0.2, 0.25) is 0 Å². The van der Waals surface area contributed by atoms with Gasteiger partial charge in [-0.25, -0.2) is 0 Å². The predicted molar refractivity (Wildman–Crippen MR) is 98.5 cm³/mol. The van der Waals surface area contributed by atoms with Gasteiger partial charge < -0.3 is 15.5 Å². The molecule has 0 fully saturated rings. The highest BCUT2D eigenvalue weighted by molar-refractivity contribution is 5.94. The Morgan fingerprint density at radius 1 is 1.00 bits per heavy atom. The average Bonchev–Trinajstić information content (AvgIpc) is 2.46. The Balaban J connectivity index is 1.95. The van der Waals surface area contributed by atoms with Crippen LogP contribution in [0.25, 0.3) is 0 Å². The summed E-state index contributed by atoms with van der Waals surface area (Å²) in [5.74, 6) is -0.0537. The zero-order valence-corrected chi connectivity index (χ0v) is 14.5. The fraction of sp³-hybridized carbons (Fsp3) is 0.316. The number of hydrogen-bond donors (Lipinski definition) is 2. The Labute approximate surface area is 138 Å². The lowest BCUT2D eigenvalue weighted by molar-refractivity contribution is -0.114. The normalized spacial score (nSPS) is 10.3. The quantitative estimate of drug-likeness (QED) is 0.884. The summed E-state index contributed by atoms with van der Waals surface area (Å²) in [7, 11) is 3.98. The molecule has 0 saturated carbocycles. The maximum atomic E-state index is 12.1. The first-order chi connectivity index (χ1) is 10.9. The molecule has 0 radical (unpaired) electrons. The summed E-state index contributed by atoms with van der Waals surface area (Å²) in [6, 6.07) is 12.0. The molecule has 0 aromatic heterocycles. The van der Waals surface area contributed by atoms with Crippen LogP contribution in [0.1, 0.15) is 16.7 Å². The van der Waals surface area contributed by atoms with Crippen LogP contribution in [0.15, 0.2) is 36.4 Å². The number of anilines is 3. The van der Waals surface area contributed by atoms with Crippen molar-refractivity contribution in [2.45, 2.75) is 20.8 Å². The number of carbonyl (C=O) groups excluding carboxylic acids is 1. The van der Waals surface area contributed by atoms with Gasteiger partial charge in [-0.05, 0) is 56.2 Å². The molecule has 2 aromatic rings. The lowest BCUT2D eigenvalue weighted by Gasteiger charge is -2.15. The summed E-state index contributed by atoms with van der Waals surface area (Å²) in [4.78, 5) is 14.1. The molecule has 0 aliphatic heterocycles. The third-order valence-electron chi connectivity index (χ3n) is 3.77. The van der Waals surface area contributed by atoms with Crippen molar-refractivity contribution in [2.24, 2.45) is 0 Å². The minimum absolute atomic E-state index is 0.0537. The highest BCUT2D eigenvalue weighted by Gasteiger charge is 2.07. The second kappa shape index (κ2) is 7.18. The van der Waals surface area contributed by atoms with Crippen molar-refractivity contribution >= 4 is 23.0 Å². The largest absolute Gasteiger partial charge is 0.378 e. The van der Waals surface area contributed by atoms with E-state index >= 15 is 0 Å². The van der Waals surface area contributed by atoms with Crippen LogP contribution in [0.5, 0.6) is 0 Å². The monoisotopic (exact) mass is 311 g/mol. The Kier molecular flexibility index (Phi) is 5.27. The third-order valence-corrected chi connectivity index (χ3v) is 3.77. The minimum Gasteiger partial charge on any atom is -0.378 e. The molecule has 0 spiro atoms. The van der Waals surface area contributed by atoms with Gasteiger partial charge in [0.1, 0.15) is 0 Å². The number of aryl methyl sites for hydroxylation is 3. The van der Waals surface area contributed by atoms with E-state index in [9.17, 15) is 4.79 Å². The Bertz CT molecular complexity index is 667. The van der Waals surface area contributed by atoms with Crippen LogP contribution in [0, 0.1) is 20.8 Å². The van der Waals surface area contributed by atoms with Gasteiger partial charge in [-0.2, -0.15) is 0 Å². The van der Waals surface area contributed by atoms with Crippen molar-refractivity contribution in [2.75, 3.05) is 36.2 Å². The Morgan fingerprint density at radius 3 is 2.09 bits per heavy atom. The van der Waals surface area contributed by atoms with Gasteiger partial charge in [0.15, 0.2) is 0 Å². The fourth-order valence-corrected chi connectivity index (χ4v) is 2.68. The molecular weight excluding hydrogens is 286 g/mol. The van der Waals surface area contributed by atoms with Crippen LogP contribution in [-0.4, -0.2) is 26.5 Å². The molecule has 0 saturated heterocycles. The van der Waals surface area contributed by atoms with Crippen LogP contribution >= 0.6 is 0 Å². The zero-order valence-electron chi connectivity index (χ0n) is 14.5. The number of carbonyl (C=O) groups is 1. The van der Waals surface area contributed by atoms with E-state index in [1.165, 1.54) is 5.56 Å². The number of rotatable bonds is 5. The molecule has 2 rings (SSSR count). The van der Waals surface area contributed by atoms with E-state index in [4.69, 9.17) is 0 Å². The first-order valence-corrected chi connectivity index (χ1v) is 7.76. The first-order valence-electron chi connectivity index (χ1n) is 7.76. The molecule has 4 nitrogen and oxygen atoms in total. The lowest BCUT2D eigenvalue weighted by Crippen LogP contribution is -2.22. The zero-order chi connectivity index (χ0) is 17.0. The highest BCUT2D eigenvalue weighted by Crippen LogP contribution is 2.21. The molecule has 23 heavy (non-hydrogen) atoms. The van der Waals surface area contributed by atoms with Gasteiger partial charge >= 0.3 is 0 Å². The van der Waals surface area contributed by atoms with Crippen LogP contribution in [0.4, 0.5) is 17.1 Å². The van der Waals surface area contributed by atoms with Crippen LogP contribution in [-0.2, 0) is 4.79 Å². The predicted octanol–water partition coefficient (Wildman–Crippen LogP) is 3.73. The van der Waals surface area contributed by atoms with Crippen molar-refractivity contribution in [3.8, 4) is 0 Å². The first kappa shape index (κ1) is 16.9. The minimum atomic E-state index is -0.0537. The summed E-state index contributed by atoms with van der Waals surface area (Å²) in [5, 5.41) is 6.15. The third kappa shape index (κ3) is 4.49. The molecule has 122 valence electrons. The van der Waals surface area contributed by atoms with Crippen molar-refractivity contribution in [1.82, 2.24) is 0 Å². The summed E-state index contributed by atoms with van der Waals surface area (Å²) >= 11 is 0. The number of nitrogens with one attached hydrogen (secondary N) is 2. The smallest absolute Gasteiger partial charge is 0.243 e. The number of benzene rings is 2. The van der Waals surface area contributed by atoms with Crippen molar-refractivity contribution < 1.29 is 4.79 Å². The fourth-order valence-electron chi connectivity index (χ4n) is 2.68. The molecule has 2 N–H and O–H groups in total. The van der Waals surface area contributed by atoms with Crippen LogP contribution in [0.3, 0.4) is 0 Å². The SMILES string of the molecule is Cc1cc(C)c(NCC(=O)Nc2ccc(N(C)C)cc2)c(C)c1. The van der Waals surface area contributed by atoms with Gasteiger partial charge in [-0.15, -0.1) is 0 Å². The summed E-state index contributed by atoms with van der Waals surface area (Å²) in [6.07, 6.45) is 0. The molecule has 0 aliphatic rings. The Morgan fingerprint density at radius 2 is 1.57 bits per heavy atom. The second-order valence-corrected chi connectivity index (χ2v) is 6.12. The van der Waals surface area contributed by atoms with Crippen molar-refractivity contribution in [1.29, 1.82) is 0 Å². The molecule has 0 heterocycles. The van der Waals surface area contributed by atoms with Gasteiger partial charge in [0.05, 0.1) is 6.54 Å². The number of amides is 1. The van der Waals surface area contributed by atoms with Gasteiger partial charge in [0.2, 0.25) is 5.91 Å². The Hall–Kier alpha value is -2.49. The maximum absolute atomic E-state index is 12.1. The molecule has 2 aromatic carbocycles. The average molecular weight is 311 g/mol. The van der Waals surface area contributed by atoms with Crippen molar-refractivity contribution in [3.05, 3.63) is 53.1 Å². The maximum Gasteiger partial charge on any atom is 0.243 e. The summed E-state index contributed by atoms with van der Waals surface area (Å²) in [6.45, 7) is 6.44. The number of hydrogen-bond acceptors (Lipinski definition) is 3. The van der Waals surface area contributed by atoms with E-state index in [0.29, 0.717) is 0 Å². The van der Waals surface area contributed by atoms with Crippen molar-refractivity contribution in [3.63, 3.8) is 0 Å². The molecule has 0 bridgehead atoms. The van der Waals surface area contributed by atoms with E-state index < -0.39 is 0 Å². The lowest BCUT2D eigenvalue weighted by atomic mass is 10.1. The van der Waals surface area contributed by atoms with E-state index in [-0.39, 0.29) is 12.5 Å². The van der Waals surface area contributed by atoms with E-state index in [0.717, 1.165) is 28.2 Å². The molecule has 0 atom stereocenters. The van der Waals surface area contributed by atoms with Gasteiger partial charge in [-0.1, -0.05) is 17.7 Å².